The molecule has 0 unspecified atom stereocenters. The number of rotatable bonds is 3. The SMILES string of the molecule is Cc1cc(C#CCN)cc(NS(=O)(=O)c2cnc(C)s2)c1. The second-order valence-electron chi connectivity index (χ2n) is 4.40. The molecule has 7 heteroatoms. The van der Waals surface area contributed by atoms with Crippen molar-refractivity contribution in [2.75, 3.05) is 11.3 Å². The third-order valence-corrected chi connectivity index (χ3v) is 5.28. The highest BCUT2D eigenvalue weighted by Gasteiger charge is 2.17. The second kappa shape index (κ2) is 6.26. The lowest BCUT2D eigenvalue weighted by molar-refractivity contribution is 0.603. The van der Waals surface area contributed by atoms with E-state index in [1.165, 1.54) is 6.20 Å². The molecule has 0 radical (unpaired) electrons. The van der Waals surface area contributed by atoms with E-state index in [0.717, 1.165) is 22.5 Å². The first-order chi connectivity index (χ1) is 9.90. The Hall–Kier alpha value is -1.88. The summed E-state index contributed by atoms with van der Waals surface area (Å²) in [6, 6.07) is 5.30. The van der Waals surface area contributed by atoms with Gasteiger partial charge in [0.05, 0.1) is 23.4 Å². The van der Waals surface area contributed by atoms with Crippen LogP contribution in [0.4, 0.5) is 5.69 Å². The van der Waals surface area contributed by atoms with Crippen LogP contribution in [0.5, 0.6) is 0 Å². The predicted molar refractivity (Wildman–Crippen MR) is 84.8 cm³/mol. The average Bonchev–Trinajstić information content (AvgIpc) is 2.83. The first kappa shape index (κ1) is 15.5. The number of anilines is 1. The molecule has 0 aliphatic rings. The fourth-order valence-corrected chi connectivity index (χ4v) is 3.89. The van der Waals surface area contributed by atoms with Crippen LogP contribution in [0.1, 0.15) is 16.1 Å². The van der Waals surface area contributed by atoms with Gasteiger partial charge >= 0.3 is 0 Å². The zero-order valence-corrected chi connectivity index (χ0v) is 13.3. The van der Waals surface area contributed by atoms with E-state index in [1.54, 1.807) is 19.1 Å². The Kier molecular flexibility index (Phi) is 4.63. The highest BCUT2D eigenvalue weighted by molar-refractivity contribution is 7.94. The molecular weight excluding hydrogens is 306 g/mol. The van der Waals surface area contributed by atoms with E-state index < -0.39 is 10.0 Å². The fourth-order valence-electron chi connectivity index (χ4n) is 1.74. The highest BCUT2D eigenvalue weighted by Crippen LogP contribution is 2.22. The van der Waals surface area contributed by atoms with Crippen molar-refractivity contribution in [3.05, 3.63) is 40.5 Å². The van der Waals surface area contributed by atoms with Crippen molar-refractivity contribution >= 4 is 27.0 Å². The molecule has 0 amide bonds. The van der Waals surface area contributed by atoms with Crippen molar-refractivity contribution in [2.24, 2.45) is 5.73 Å². The van der Waals surface area contributed by atoms with Crippen LogP contribution in [0.15, 0.2) is 28.6 Å². The van der Waals surface area contributed by atoms with Gasteiger partial charge in [-0.05, 0) is 37.6 Å². The number of aryl methyl sites for hydroxylation is 2. The number of hydrogen-bond acceptors (Lipinski definition) is 5. The van der Waals surface area contributed by atoms with Crippen LogP contribution in [0.25, 0.3) is 0 Å². The summed E-state index contributed by atoms with van der Waals surface area (Å²) in [5.74, 6) is 5.65. The normalized spacial score (nSPS) is 10.8. The minimum Gasteiger partial charge on any atom is -0.320 e. The van der Waals surface area contributed by atoms with Crippen molar-refractivity contribution < 1.29 is 8.42 Å². The molecule has 0 atom stereocenters. The van der Waals surface area contributed by atoms with Crippen LogP contribution in [0, 0.1) is 25.7 Å². The predicted octanol–water partition coefficient (Wildman–Crippen LogP) is 1.87. The molecule has 0 bridgehead atoms. The van der Waals surface area contributed by atoms with E-state index in [-0.39, 0.29) is 10.8 Å². The third-order valence-electron chi connectivity index (χ3n) is 2.53. The fraction of sp³-hybridized carbons (Fsp3) is 0.214. The summed E-state index contributed by atoms with van der Waals surface area (Å²) in [6.07, 6.45) is 1.35. The lowest BCUT2D eigenvalue weighted by atomic mass is 10.1. The van der Waals surface area contributed by atoms with Gasteiger partial charge in [-0.1, -0.05) is 11.8 Å². The summed E-state index contributed by atoms with van der Waals surface area (Å²) >= 11 is 1.13. The minimum absolute atomic E-state index is 0.191. The van der Waals surface area contributed by atoms with Gasteiger partial charge < -0.3 is 5.73 Å². The zero-order valence-electron chi connectivity index (χ0n) is 11.7. The molecule has 3 N–H and O–H groups in total. The van der Waals surface area contributed by atoms with E-state index >= 15 is 0 Å². The summed E-state index contributed by atoms with van der Waals surface area (Å²) < 4.78 is 27.2. The molecule has 0 fully saturated rings. The maximum absolute atomic E-state index is 12.3. The molecule has 0 saturated heterocycles. The number of aromatic nitrogens is 1. The maximum atomic E-state index is 12.3. The Labute approximate surface area is 128 Å². The van der Waals surface area contributed by atoms with Gasteiger partial charge in [0.15, 0.2) is 4.21 Å². The van der Waals surface area contributed by atoms with Crippen LogP contribution in [0.3, 0.4) is 0 Å². The molecular formula is C14H15N3O2S2. The van der Waals surface area contributed by atoms with Crippen LogP contribution in [0.2, 0.25) is 0 Å². The van der Waals surface area contributed by atoms with E-state index in [4.69, 9.17) is 5.73 Å². The topological polar surface area (TPSA) is 85.1 Å². The highest BCUT2D eigenvalue weighted by atomic mass is 32.2. The zero-order chi connectivity index (χ0) is 15.5. The molecule has 110 valence electrons. The van der Waals surface area contributed by atoms with Gasteiger partial charge in [0.1, 0.15) is 0 Å². The molecule has 1 aromatic heterocycles. The number of benzene rings is 1. The van der Waals surface area contributed by atoms with E-state index in [0.29, 0.717) is 10.7 Å². The first-order valence-electron chi connectivity index (χ1n) is 6.16. The Bertz CT molecular complexity index is 814. The van der Waals surface area contributed by atoms with Crippen molar-refractivity contribution in [3.8, 4) is 11.8 Å². The van der Waals surface area contributed by atoms with Gasteiger partial charge in [-0.15, -0.1) is 11.3 Å². The van der Waals surface area contributed by atoms with Gasteiger partial charge in [-0.25, -0.2) is 13.4 Å². The largest absolute Gasteiger partial charge is 0.320 e. The van der Waals surface area contributed by atoms with Crippen LogP contribution >= 0.6 is 11.3 Å². The van der Waals surface area contributed by atoms with E-state index in [9.17, 15) is 8.42 Å². The lowest BCUT2D eigenvalue weighted by Crippen LogP contribution is -2.11. The minimum atomic E-state index is -3.61. The average molecular weight is 321 g/mol. The molecule has 0 saturated carbocycles. The molecule has 0 aliphatic carbocycles. The first-order valence-corrected chi connectivity index (χ1v) is 8.46. The summed E-state index contributed by atoms with van der Waals surface area (Å²) in [6.45, 7) is 3.90. The van der Waals surface area contributed by atoms with Gasteiger partial charge in [0.2, 0.25) is 0 Å². The molecule has 1 aromatic carbocycles. The monoisotopic (exact) mass is 321 g/mol. The number of hydrogen-bond donors (Lipinski definition) is 2. The van der Waals surface area contributed by atoms with Gasteiger partial charge in [-0.2, -0.15) is 0 Å². The van der Waals surface area contributed by atoms with Gasteiger partial charge in [0.25, 0.3) is 10.0 Å². The van der Waals surface area contributed by atoms with Crippen molar-refractivity contribution in [1.82, 2.24) is 4.98 Å². The van der Waals surface area contributed by atoms with Gasteiger partial charge in [-0.3, -0.25) is 4.72 Å². The van der Waals surface area contributed by atoms with Crippen LogP contribution < -0.4 is 10.5 Å². The number of nitrogens with zero attached hydrogens (tertiary/aromatic N) is 1. The second-order valence-corrected chi connectivity index (χ2v) is 7.54. The Morgan fingerprint density at radius 3 is 2.71 bits per heavy atom. The Morgan fingerprint density at radius 2 is 2.10 bits per heavy atom. The number of thiazole rings is 1. The number of nitrogens with two attached hydrogens (primary N) is 1. The summed E-state index contributed by atoms with van der Waals surface area (Å²) in [5.41, 5.74) is 7.45. The summed E-state index contributed by atoms with van der Waals surface area (Å²) in [7, 11) is -3.61. The molecule has 2 aromatic rings. The van der Waals surface area contributed by atoms with E-state index in [2.05, 4.69) is 21.5 Å². The molecule has 0 spiro atoms. The molecule has 5 nitrogen and oxygen atoms in total. The third kappa shape index (κ3) is 4.04. The van der Waals surface area contributed by atoms with Crippen LogP contribution in [-0.2, 0) is 10.0 Å². The van der Waals surface area contributed by atoms with Gasteiger partial charge in [0, 0.05) is 5.56 Å². The smallest absolute Gasteiger partial charge is 0.273 e. The Morgan fingerprint density at radius 1 is 1.33 bits per heavy atom. The summed E-state index contributed by atoms with van der Waals surface area (Å²) in [4.78, 5) is 3.96. The standard InChI is InChI=1S/C14H15N3O2S2/c1-10-6-12(4-3-5-15)8-13(7-10)17-21(18,19)14-9-16-11(2)20-14/h6-9,17H,5,15H2,1-2H3. The van der Waals surface area contributed by atoms with Crippen molar-refractivity contribution in [3.63, 3.8) is 0 Å². The Balaban J connectivity index is 2.33. The lowest BCUT2D eigenvalue weighted by Gasteiger charge is -2.07. The van der Waals surface area contributed by atoms with E-state index in [1.807, 2.05) is 13.0 Å². The molecule has 2 rings (SSSR count). The molecule has 1 heterocycles. The van der Waals surface area contributed by atoms with Crippen LogP contribution in [-0.4, -0.2) is 19.9 Å². The quantitative estimate of drug-likeness (QED) is 0.845. The number of nitrogens with one attached hydrogen (secondary N) is 1. The molecule has 0 aliphatic heterocycles. The van der Waals surface area contributed by atoms with Crippen molar-refractivity contribution in [1.29, 1.82) is 0 Å². The van der Waals surface area contributed by atoms with Crippen molar-refractivity contribution in [2.45, 2.75) is 18.1 Å². The number of sulfonamides is 1. The molecule has 21 heavy (non-hydrogen) atoms. The maximum Gasteiger partial charge on any atom is 0.273 e. The summed E-state index contributed by atoms with van der Waals surface area (Å²) in [5, 5.41) is 0.703.